The number of ether oxygens (including phenoxy) is 1. The highest BCUT2D eigenvalue weighted by atomic mass is 35.5. The van der Waals surface area contributed by atoms with E-state index in [-0.39, 0.29) is 0 Å². The minimum atomic E-state index is -3.16. The summed E-state index contributed by atoms with van der Waals surface area (Å²) in [5.74, 6) is -3.25. The van der Waals surface area contributed by atoms with E-state index < -0.39 is 34.7 Å². The quantitative estimate of drug-likeness (QED) is 0.884. The normalized spacial score (nSPS) is 10.5. The molecule has 0 saturated carbocycles. The Labute approximate surface area is 87.0 Å². The number of halogens is 4. The number of hydrogen-bond donors (Lipinski definition) is 1. The zero-order valence-corrected chi connectivity index (χ0v) is 7.76. The zero-order valence-electron chi connectivity index (χ0n) is 7.01. The fourth-order valence-electron chi connectivity index (χ4n) is 0.891. The Bertz CT molecular complexity index is 395. The van der Waals surface area contributed by atoms with Crippen LogP contribution >= 0.6 is 11.6 Å². The number of carbonyl (C=O) groups is 1. The lowest BCUT2D eigenvalue weighted by Gasteiger charge is -2.07. The van der Waals surface area contributed by atoms with Crippen LogP contribution in [0, 0.1) is 5.82 Å². The van der Waals surface area contributed by atoms with Crippen LogP contribution in [0.2, 0.25) is 5.02 Å². The summed E-state index contributed by atoms with van der Waals surface area (Å²) in [6.07, 6.45) is 0. The van der Waals surface area contributed by atoms with E-state index in [0.29, 0.717) is 6.07 Å². The van der Waals surface area contributed by atoms with Crippen LogP contribution in [0.25, 0.3) is 0 Å². The Morgan fingerprint density at radius 2 is 2.07 bits per heavy atom. The summed E-state index contributed by atoms with van der Waals surface area (Å²) < 4.78 is 40.3. The molecule has 3 nitrogen and oxygen atoms in total. The van der Waals surface area contributed by atoms with Gasteiger partial charge in [0.15, 0.2) is 0 Å². The molecule has 0 aromatic heterocycles. The number of alkyl halides is 2. The molecule has 0 radical (unpaired) electrons. The van der Waals surface area contributed by atoms with Crippen LogP contribution in [-0.2, 0) is 0 Å². The summed E-state index contributed by atoms with van der Waals surface area (Å²) in [6, 6.07) is 1.31. The average molecular weight is 241 g/mol. The predicted octanol–water partition coefficient (Wildman–Crippen LogP) is 2.78. The second-order valence-electron chi connectivity index (χ2n) is 2.45. The van der Waals surface area contributed by atoms with Gasteiger partial charge in [-0.1, -0.05) is 11.6 Å². The minimum absolute atomic E-state index is 0.584. The highest BCUT2D eigenvalue weighted by Crippen LogP contribution is 2.26. The Balaban J connectivity index is 3.17. The fraction of sp³-hybridized carbons (Fsp3) is 0.125. The zero-order chi connectivity index (χ0) is 11.6. The predicted molar refractivity (Wildman–Crippen MR) is 45.0 cm³/mol. The molecule has 1 N–H and O–H groups in total. The lowest BCUT2D eigenvalue weighted by molar-refractivity contribution is -0.0500. The smallest absolute Gasteiger partial charge is 0.387 e. The highest BCUT2D eigenvalue weighted by molar-refractivity contribution is 6.33. The van der Waals surface area contributed by atoms with Crippen molar-refractivity contribution >= 4 is 17.6 Å². The van der Waals surface area contributed by atoms with Gasteiger partial charge in [-0.25, -0.2) is 9.18 Å². The van der Waals surface area contributed by atoms with E-state index in [1.807, 2.05) is 0 Å². The summed E-state index contributed by atoms with van der Waals surface area (Å²) in [5, 5.41) is 7.91. The summed E-state index contributed by atoms with van der Waals surface area (Å²) in [5.41, 5.74) is -0.632. The molecule has 0 aliphatic heterocycles. The molecule has 82 valence electrons. The van der Waals surface area contributed by atoms with Crippen molar-refractivity contribution in [2.75, 3.05) is 0 Å². The van der Waals surface area contributed by atoms with Gasteiger partial charge in [0, 0.05) is 6.07 Å². The van der Waals surface area contributed by atoms with Crippen LogP contribution < -0.4 is 4.74 Å². The van der Waals surface area contributed by atoms with Gasteiger partial charge in [-0.2, -0.15) is 8.78 Å². The van der Waals surface area contributed by atoms with Crippen molar-refractivity contribution in [3.05, 3.63) is 28.5 Å². The second kappa shape index (κ2) is 4.39. The van der Waals surface area contributed by atoms with E-state index in [4.69, 9.17) is 16.7 Å². The van der Waals surface area contributed by atoms with Gasteiger partial charge in [-0.15, -0.1) is 0 Å². The van der Waals surface area contributed by atoms with E-state index in [1.165, 1.54) is 0 Å². The summed E-state index contributed by atoms with van der Waals surface area (Å²) in [7, 11) is 0. The molecule has 0 fully saturated rings. The molecule has 0 spiro atoms. The molecular formula is C8H4ClF3O3. The Morgan fingerprint density at radius 1 is 1.47 bits per heavy atom. The summed E-state index contributed by atoms with van der Waals surface area (Å²) >= 11 is 5.30. The number of benzene rings is 1. The molecule has 0 amide bonds. The number of carboxylic acid groups (broad SMARTS) is 1. The molecule has 1 aromatic carbocycles. The monoisotopic (exact) mass is 240 g/mol. The largest absolute Gasteiger partial charge is 0.478 e. The average Bonchev–Trinajstić information content (AvgIpc) is 2.09. The highest BCUT2D eigenvalue weighted by Gasteiger charge is 2.16. The molecule has 0 bridgehead atoms. The summed E-state index contributed by atoms with van der Waals surface area (Å²) in [4.78, 5) is 10.5. The first kappa shape index (κ1) is 11.6. The molecule has 1 rings (SSSR count). The van der Waals surface area contributed by atoms with Gasteiger partial charge >= 0.3 is 12.6 Å². The first-order valence-corrected chi connectivity index (χ1v) is 3.96. The number of hydrogen-bond acceptors (Lipinski definition) is 2. The van der Waals surface area contributed by atoms with Crippen LogP contribution in [-0.4, -0.2) is 17.7 Å². The topological polar surface area (TPSA) is 46.5 Å². The first-order chi connectivity index (χ1) is 6.91. The molecule has 1 aromatic rings. The number of aromatic carboxylic acids is 1. The van der Waals surface area contributed by atoms with Crippen molar-refractivity contribution in [3.8, 4) is 5.75 Å². The third kappa shape index (κ3) is 2.76. The number of rotatable bonds is 3. The van der Waals surface area contributed by atoms with E-state index in [2.05, 4.69) is 4.74 Å². The van der Waals surface area contributed by atoms with Crippen molar-refractivity contribution < 1.29 is 27.8 Å². The maximum Gasteiger partial charge on any atom is 0.387 e. The van der Waals surface area contributed by atoms with Gasteiger partial charge < -0.3 is 9.84 Å². The van der Waals surface area contributed by atoms with Crippen LogP contribution in [0.15, 0.2) is 12.1 Å². The van der Waals surface area contributed by atoms with Gasteiger partial charge in [0.2, 0.25) is 0 Å². The van der Waals surface area contributed by atoms with E-state index in [1.54, 1.807) is 0 Å². The van der Waals surface area contributed by atoms with Gasteiger partial charge in [0.1, 0.15) is 11.6 Å². The standard InChI is InChI=1S/C8H4ClF3O3/c9-6-4(7(13)14)1-3(2-5(6)10)15-8(11)12/h1-2,8H,(H,13,14). The number of carboxylic acids is 1. The molecule has 15 heavy (non-hydrogen) atoms. The van der Waals surface area contributed by atoms with Crippen LogP contribution in [0.4, 0.5) is 13.2 Å². The van der Waals surface area contributed by atoms with Gasteiger partial charge in [-0.05, 0) is 6.07 Å². The Hall–Kier alpha value is -1.43. The third-order valence-electron chi connectivity index (χ3n) is 1.46. The van der Waals surface area contributed by atoms with Crippen LogP contribution in [0.5, 0.6) is 5.75 Å². The van der Waals surface area contributed by atoms with Gasteiger partial charge in [-0.3, -0.25) is 0 Å². The molecule has 7 heteroatoms. The second-order valence-corrected chi connectivity index (χ2v) is 2.83. The Kier molecular flexibility index (Phi) is 3.41. The minimum Gasteiger partial charge on any atom is -0.478 e. The van der Waals surface area contributed by atoms with Crippen molar-refractivity contribution in [2.45, 2.75) is 6.61 Å². The van der Waals surface area contributed by atoms with Crippen LogP contribution in [0.3, 0.4) is 0 Å². The molecule has 0 atom stereocenters. The summed E-state index contributed by atoms with van der Waals surface area (Å²) in [6.45, 7) is -3.16. The fourth-order valence-corrected chi connectivity index (χ4v) is 1.08. The van der Waals surface area contributed by atoms with E-state index >= 15 is 0 Å². The van der Waals surface area contributed by atoms with Crippen molar-refractivity contribution in [2.24, 2.45) is 0 Å². The van der Waals surface area contributed by atoms with Crippen LogP contribution in [0.1, 0.15) is 10.4 Å². The van der Waals surface area contributed by atoms with Gasteiger partial charge in [0.25, 0.3) is 0 Å². The molecular weight excluding hydrogens is 237 g/mol. The molecule has 0 aliphatic rings. The van der Waals surface area contributed by atoms with Crippen molar-refractivity contribution in [1.29, 1.82) is 0 Å². The molecule has 0 saturated heterocycles. The SMILES string of the molecule is O=C(O)c1cc(OC(F)F)cc(F)c1Cl. The molecule has 0 heterocycles. The van der Waals surface area contributed by atoms with Crippen molar-refractivity contribution in [1.82, 2.24) is 0 Å². The lowest BCUT2D eigenvalue weighted by Crippen LogP contribution is -2.05. The third-order valence-corrected chi connectivity index (χ3v) is 1.84. The Morgan fingerprint density at radius 3 is 2.53 bits per heavy atom. The maximum atomic E-state index is 12.9. The van der Waals surface area contributed by atoms with Gasteiger partial charge in [0.05, 0.1) is 10.6 Å². The van der Waals surface area contributed by atoms with Crippen molar-refractivity contribution in [3.63, 3.8) is 0 Å². The molecule has 0 aliphatic carbocycles. The molecule has 0 unspecified atom stereocenters. The van der Waals surface area contributed by atoms with E-state index in [9.17, 15) is 18.0 Å². The lowest BCUT2D eigenvalue weighted by atomic mass is 10.2. The van der Waals surface area contributed by atoms with E-state index in [0.717, 1.165) is 6.07 Å². The first-order valence-electron chi connectivity index (χ1n) is 3.59. The maximum absolute atomic E-state index is 12.9.